The third-order valence-corrected chi connectivity index (χ3v) is 4.47. The van der Waals surface area contributed by atoms with Gasteiger partial charge in [0.1, 0.15) is 10.8 Å². The fraction of sp³-hybridized carbons (Fsp3) is 0.154. The molecule has 0 aliphatic carbocycles. The van der Waals surface area contributed by atoms with Gasteiger partial charge in [-0.3, -0.25) is 0 Å². The van der Waals surface area contributed by atoms with Crippen LogP contribution in [0.2, 0.25) is 0 Å². The van der Waals surface area contributed by atoms with Gasteiger partial charge in [0, 0.05) is 12.6 Å². The molecule has 0 aliphatic rings. The molecule has 2 heterocycles. The molecule has 3 rings (SSSR count). The van der Waals surface area contributed by atoms with E-state index in [1.807, 2.05) is 14.0 Å². The van der Waals surface area contributed by atoms with Crippen LogP contribution in [0.5, 0.6) is 0 Å². The molecule has 0 saturated carbocycles. The van der Waals surface area contributed by atoms with Crippen molar-refractivity contribution < 1.29 is 8.91 Å². The molecule has 1 aromatic carbocycles. The van der Waals surface area contributed by atoms with E-state index in [-0.39, 0.29) is 5.82 Å². The van der Waals surface area contributed by atoms with Crippen molar-refractivity contribution in [1.82, 2.24) is 14.5 Å². The second kappa shape index (κ2) is 5.53. The molecule has 0 radical (unpaired) electrons. The third kappa shape index (κ3) is 2.56. The minimum atomic E-state index is -0.335. The molecule has 0 atom stereocenters. The van der Waals surface area contributed by atoms with E-state index in [2.05, 4.69) is 35.8 Å². The molecule has 0 bridgehead atoms. The molecule has 0 amide bonds. The van der Waals surface area contributed by atoms with E-state index in [1.165, 1.54) is 17.6 Å². The molecular formula is C13H10BrFN4OS. The van der Waals surface area contributed by atoms with Crippen LogP contribution in [0.25, 0.3) is 22.8 Å². The monoisotopic (exact) mass is 368 g/mol. The first-order valence-corrected chi connectivity index (χ1v) is 7.60. The lowest BCUT2D eigenvalue weighted by Crippen LogP contribution is -1.89. The SMILES string of the molecule is CNc1snc(C)c1-c1nc(-c2ccc(F)c(Br)c2)no1. The maximum Gasteiger partial charge on any atom is 0.263 e. The second-order valence-corrected chi connectivity index (χ2v) is 5.90. The molecule has 0 aliphatic heterocycles. The summed E-state index contributed by atoms with van der Waals surface area (Å²) < 4.78 is 23.2. The van der Waals surface area contributed by atoms with Gasteiger partial charge in [0.05, 0.1) is 15.7 Å². The Hall–Kier alpha value is -1.80. The highest BCUT2D eigenvalue weighted by atomic mass is 79.9. The zero-order chi connectivity index (χ0) is 15.0. The van der Waals surface area contributed by atoms with Crippen LogP contribution in [-0.2, 0) is 0 Å². The van der Waals surface area contributed by atoms with E-state index < -0.39 is 0 Å². The van der Waals surface area contributed by atoms with Crippen molar-refractivity contribution in [3.8, 4) is 22.8 Å². The number of anilines is 1. The summed E-state index contributed by atoms with van der Waals surface area (Å²) >= 11 is 4.48. The van der Waals surface area contributed by atoms with Gasteiger partial charge in [0.15, 0.2) is 0 Å². The molecule has 108 valence electrons. The van der Waals surface area contributed by atoms with Crippen LogP contribution < -0.4 is 5.32 Å². The van der Waals surface area contributed by atoms with E-state index in [4.69, 9.17) is 4.52 Å². The Morgan fingerprint density at radius 3 is 2.90 bits per heavy atom. The molecule has 21 heavy (non-hydrogen) atoms. The van der Waals surface area contributed by atoms with Gasteiger partial charge in [-0.25, -0.2) is 4.39 Å². The summed E-state index contributed by atoms with van der Waals surface area (Å²) in [5, 5.41) is 7.86. The average Bonchev–Trinajstić information content (AvgIpc) is 3.08. The molecule has 0 spiro atoms. The van der Waals surface area contributed by atoms with Gasteiger partial charge in [-0.1, -0.05) is 5.16 Å². The van der Waals surface area contributed by atoms with Gasteiger partial charge in [-0.15, -0.1) is 0 Å². The van der Waals surface area contributed by atoms with Crippen LogP contribution in [-0.4, -0.2) is 21.6 Å². The molecule has 2 aromatic heterocycles. The zero-order valence-corrected chi connectivity index (χ0v) is 13.5. The third-order valence-electron chi connectivity index (χ3n) is 2.91. The topological polar surface area (TPSA) is 63.8 Å². The first-order chi connectivity index (χ1) is 10.1. The summed E-state index contributed by atoms with van der Waals surface area (Å²) in [7, 11) is 1.81. The molecule has 5 nitrogen and oxygen atoms in total. The quantitative estimate of drug-likeness (QED) is 0.753. The smallest absolute Gasteiger partial charge is 0.263 e. The normalized spacial score (nSPS) is 10.9. The van der Waals surface area contributed by atoms with Gasteiger partial charge in [0.25, 0.3) is 5.89 Å². The van der Waals surface area contributed by atoms with E-state index in [9.17, 15) is 4.39 Å². The summed E-state index contributed by atoms with van der Waals surface area (Å²) in [5.74, 6) is 0.456. The molecule has 1 N–H and O–H groups in total. The average molecular weight is 369 g/mol. The first kappa shape index (κ1) is 14.2. The lowest BCUT2D eigenvalue weighted by atomic mass is 10.2. The number of rotatable bonds is 3. The van der Waals surface area contributed by atoms with Crippen molar-refractivity contribution in [3.05, 3.63) is 34.2 Å². The highest BCUT2D eigenvalue weighted by molar-refractivity contribution is 9.10. The summed E-state index contributed by atoms with van der Waals surface area (Å²) in [4.78, 5) is 4.37. The van der Waals surface area contributed by atoms with E-state index in [1.54, 1.807) is 12.1 Å². The van der Waals surface area contributed by atoms with Gasteiger partial charge < -0.3 is 9.84 Å². The van der Waals surface area contributed by atoms with Crippen molar-refractivity contribution in [3.63, 3.8) is 0 Å². The zero-order valence-electron chi connectivity index (χ0n) is 11.1. The lowest BCUT2D eigenvalue weighted by Gasteiger charge is -1.97. The Kier molecular flexibility index (Phi) is 3.73. The predicted molar refractivity (Wildman–Crippen MR) is 82.8 cm³/mol. The lowest BCUT2D eigenvalue weighted by molar-refractivity contribution is 0.432. The predicted octanol–water partition coefficient (Wildman–Crippen LogP) is 4.11. The molecule has 0 saturated heterocycles. The van der Waals surface area contributed by atoms with Crippen LogP contribution in [0.3, 0.4) is 0 Å². The van der Waals surface area contributed by atoms with Crippen LogP contribution in [0.15, 0.2) is 27.2 Å². The standard InChI is InChI=1S/C13H10BrFN4OS/c1-6-10(13(16-2)21-19-6)12-17-11(18-20-12)7-3-4-9(15)8(14)5-7/h3-5,16H,1-2H3. The van der Waals surface area contributed by atoms with Gasteiger partial charge in [-0.05, 0) is 52.6 Å². The molecule has 0 fully saturated rings. The number of aryl methyl sites for hydroxylation is 1. The maximum absolute atomic E-state index is 13.3. The van der Waals surface area contributed by atoms with Crippen molar-refractivity contribution in [2.45, 2.75) is 6.92 Å². The maximum atomic E-state index is 13.3. The second-order valence-electron chi connectivity index (χ2n) is 4.27. The Bertz CT molecular complexity index is 801. The number of benzene rings is 1. The number of aromatic nitrogens is 3. The van der Waals surface area contributed by atoms with Crippen LogP contribution >= 0.6 is 27.5 Å². The minimum Gasteiger partial charge on any atom is -0.378 e. The summed E-state index contributed by atoms with van der Waals surface area (Å²) in [6.07, 6.45) is 0. The summed E-state index contributed by atoms with van der Waals surface area (Å²) in [5.41, 5.74) is 2.28. The van der Waals surface area contributed by atoms with Gasteiger partial charge in [-0.2, -0.15) is 9.36 Å². The Morgan fingerprint density at radius 1 is 1.38 bits per heavy atom. The van der Waals surface area contributed by atoms with Crippen molar-refractivity contribution in [1.29, 1.82) is 0 Å². The molecule has 0 unspecified atom stereocenters. The minimum absolute atomic E-state index is 0.335. The van der Waals surface area contributed by atoms with E-state index in [0.29, 0.717) is 21.8 Å². The highest BCUT2D eigenvalue weighted by Crippen LogP contribution is 2.34. The van der Waals surface area contributed by atoms with Crippen molar-refractivity contribution >= 4 is 32.5 Å². The fourth-order valence-corrected chi connectivity index (χ4v) is 2.99. The molecule has 8 heteroatoms. The largest absolute Gasteiger partial charge is 0.378 e. The summed E-state index contributed by atoms with van der Waals surface area (Å²) in [6, 6.07) is 4.57. The Labute approximate surface area is 132 Å². The Morgan fingerprint density at radius 2 is 2.19 bits per heavy atom. The van der Waals surface area contributed by atoms with E-state index in [0.717, 1.165) is 16.3 Å². The van der Waals surface area contributed by atoms with Crippen LogP contribution in [0, 0.1) is 12.7 Å². The number of hydrogen-bond donors (Lipinski definition) is 1. The van der Waals surface area contributed by atoms with Gasteiger partial charge in [0.2, 0.25) is 5.82 Å². The van der Waals surface area contributed by atoms with Crippen molar-refractivity contribution in [2.24, 2.45) is 0 Å². The molecule has 3 aromatic rings. The number of nitrogens with zero attached hydrogens (tertiary/aromatic N) is 3. The summed E-state index contributed by atoms with van der Waals surface area (Å²) in [6.45, 7) is 1.88. The number of nitrogens with one attached hydrogen (secondary N) is 1. The fourth-order valence-electron chi connectivity index (χ4n) is 1.87. The number of halogens is 2. The van der Waals surface area contributed by atoms with Crippen LogP contribution in [0.4, 0.5) is 9.39 Å². The van der Waals surface area contributed by atoms with Crippen molar-refractivity contribution in [2.75, 3.05) is 12.4 Å². The first-order valence-electron chi connectivity index (χ1n) is 6.03. The van der Waals surface area contributed by atoms with Gasteiger partial charge >= 0.3 is 0 Å². The van der Waals surface area contributed by atoms with E-state index >= 15 is 0 Å². The van der Waals surface area contributed by atoms with Crippen LogP contribution in [0.1, 0.15) is 5.69 Å². The highest BCUT2D eigenvalue weighted by Gasteiger charge is 2.19. The Balaban J connectivity index is 2.03. The molecular weight excluding hydrogens is 359 g/mol. The number of hydrogen-bond acceptors (Lipinski definition) is 6.